The van der Waals surface area contributed by atoms with Crippen LogP contribution in [0, 0.1) is 0 Å². The lowest BCUT2D eigenvalue weighted by Gasteiger charge is -2.26. The van der Waals surface area contributed by atoms with Gasteiger partial charge in [-0.3, -0.25) is 0 Å². The van der Waals surface area contributed by atoms with Crippen LogP contribution in [-0.2, 0) is 11.9 Å². The van der Waals surface area contributed by atoms with Crippen LogP contribution >= 0.6 is 0 Å². The Kier molecular flexibility index (Phi) is 1.12. The molecule has 1 unspecified atom stereocenters. The second kappa shape index (κ2) is 2.26. The summed E-state index contributed by atoms with van der Waals surface area (Å²) < 4.78 is 7.89. The van der Waals surface area contributed by atoms with Gasteiger partial charge in [-0.1, -0.05) is 6.07 Å². The Labute approximate surface area is 79.5 Å². The van der Waals surface area contributed by atoms with E-state index in [1.54, 1.807) is 0 Å². The molecule has 3 N–H and O–H groups in total. The van der Waals surface area contributed by atoms with E-state index in [4.69, 9.17) is 7.10 Å². The third-order valence-corrected chi connectivity index (χ3v) is 3.20. The van der Waals surface area contributed by atoms with Crippen molar-refractivity contribution in [3.63, 3.8) is 0 Å². The normalized spacial score (nSPS) is 29.5. The van der Waals surface area contributed by atoms with Crippen LogP contribution in [0.15, 0.2) is 18.2 Å². The molecule has 13 heavy (non-hydrogen) atoms. The highest BCUT2D eigenvalue weighted by molar-refractivity contribution is 5.50. The Hall–Kier alpha value is -1.02. The molecule has 2 aliphatic rings. The molecule has 1 aromatic rings. The number of nitrogen functional groups attached to an aromatic ring is 1. The first-order chi connectivity index (χ1) is 6.71. The first-order valence-corrected chi connectivity index (χ1v) is 4.77. The van der Waals surface area contributed by atoms with Gasteiger partial charge in [-0.05, 0) is 36.1 Å². The van der Waals surface area contributed by atoms with Crippen LogP contribution in [-0.4, -0.2) is 6.54 Å². The monoisotopic (exact) mass is 175 g/mol. The zero-order valence-corrected chi connectivity index (χ0v) is 7.51. The van der Waals surface area contributed by atoms with Crippen LogP contribution in [0.2, 0.25) is 0 Å². The van der Waals surface area contributed by atoms with Gasteiger partial charge in [0.2, 0.25) is 0 Å². The molecule has 1 spiro atoms. The largest absolute Gasteiger partial charge is 0.399 e. The van der Waals surface area contributed by atoms with Crippen LogP contribution in [0.5, 0.6) is 0 Å². The zero-order valence-electron chi connectivity index (χ0n) is 8.51. The molecule has 0 aromatic heterocycles. The molecule has 1 aromatic carbocycles. The van der Waals surface area contributed by atoms with E-state index < -0.39 is 0 Å². The fourth-order valence-electron chi connectivity index (χ4n) is 2.23. The smallest absolute Gasteiger partial charge is 0.0479 e. The van der Waals surface area contributed by atoms with E-state index >= 15 is 0 Å². The number of nitrogens with one attached hydrogen (secondary N) is 1. The second-order valence-electron chi connectivity index (χ2n) is 4.15. The minimum absolute atomic E-state index is 0.292. The number of rotatable bonds is 0. The van der Waals surface area contributed by atoms with Crippen molar-refractivity contribution in [1.29, 1.82) is 0 Å². The molecule has 3 rings (SSSR count). The molecule has 2 nitrogen and oxygen atoms in total. The average molecular weight is 175 g/mol. The molecule has 1 fully saturated rings. The molecule has 0 amide bonds. The minimum Gasteiger partial charge on any atom is -0.399 e. The fraction of sp³-hybridized carbons (Fsp3) is 0.455. The van der Waals surface area contributed by atoms with Crippen molar-refractivity contribution in [3.8, 4) is 0 Å². The van der Waals surface area contributed by atoms with Crippen molar-refractivity contribution >= 4 is 5.69 Å². The molecule has 0 bridgehead atoms. The minimum atomic E-state index is -0.292. The molecule has 0 saturated heterocycles. The fourth-order valence-corrected chi connectivity index (χ4v) is 2.23. The Morgan fingerprint density at radius 3 is 3.08 bits per heavy atom. The van der Waals surface area contributed by atoms with Crippen molar-refractivity contribution < 1.29 is 1.37 Å². The maximum atomic E-state index is 7.89. The summed E-state index contributed by atoms with van der Waals surface area (Å²) in [6, 6.07) is 6.01. The van der Waals surface area contributed by atoms with Gasteiger partial charge in [0.25, 0.3) is 0 Å². The highest BCUT2D eigenvalue weighted by atomic mass is 14.9. The first kappa shape index (κ1) is 6.44. The molecular weight excluding hydrogens is 160 g/mol. The number of nitrogens with two attached hydrogens (primary N) is 1. The molecule has 0 radical (unpaired) electrons. The topological polar surface area (TPSA) is 38.0 Å². The Morgan fingerprint density at radius 2 is 2.31 bits per heavy atom. The molecule has 1 aliphatic carbocycles. The van der Waals surface area contributed by atoms with Crippen molar-refractivity contribution in [2.45, 2.75) is 24.8 Å². The van der Waals surface area contributed by atoms with Gasteiger partial charge in [0.05, 0.1) is 0 Å². The lowest BCUT2D eigenvalue weighted by atomic mass is 9.88. The van der Waals surface area contributed by atoms with Gasteiger partial charge < -0.3 is 11.1 Å². The summed E-state index contributed by atoms with van der Waals surface area (Å²) in [6.45, 7) is 0.665. The summed E-state index contributed by atoms with van der Waals surface area (Å²) >= 11 is 0. The summed E-state index contributed by atoms with van der Waals surface area (Å²) in [7, 11) is 0. The number of benzene rings is 1. The summed E-state index contributed by atoms with van der Waals surface area (Å²) in [6.07, 6.45) is 2.51. The van der Waals surface area contributed by atoms with Crippen LogP contribution in [0.4, 0.5) is 5.69 Å². The van der Waals surface area contributed by atoms with Crippen molar-refractivity contribution in [2.75, 3.05) is 12.3 Å². The van der Waals surface area contributed by atoms with E-state index in [0.717, 1.165) is 17.8 Å². The van der Waals surface area contributed by atoms with Gasteiger partial charge in [-0.15, -0.1) is 0 Å². The van der Waals surface area contributed by atoms with Gasteiger partial charge in [-0.2, -0.15) is 0 Å². The maximum Gasteiger partial charge on any atom is 0.0479 e. The van der Waals surface area contributed by atoms with E-state index in [1.165, 1.54) is 18.4 Å². The third kappa shape index (κ3) is 0.985. The van der Waals surface area contributed by atoms with Gasteiger partial charge >= 0.3 is 0 Å². The predicted octanol–water partition coefficient (Wildman–Crippen LogP) is 1.40. The predicted molar refractivity (Wildman–Crippen MR) is 53.5 cm³/mol. The van der Waals surface area contributed by atoms with E-state index in [1.807, 2.05) is 12.1 Å². The lowest BCUT2D eigenvalue weighted by Crippen LogP contribution is -2.33. The van der Waals surface area contributed by atoms with Crippen molar-refractivity contribution in [2.24, 2.45) is 0 Å². The van der Waals surface area contributed by atoms with E-state index in [0.29, 0.717) is 5.41 Å². The Balaban J connectivity index is 2.16. The molecule has 68 valence electrons. The molecule has 1 heterocycles. The van der Waals surface area contributed by atoms with Crippen LogP contribution in [0.1, 0.15) is 25.3 Å². The van der Waals surface area contributed by atoms with E-state index in [-0.39, 0.29) is 6.52 Å². The summed E-state index contributed by atoms with van der Waals surface area (Å²) in [4.78, 5) is 0. The first-order valence-electron chi connectivity index (χ1n) is 5.35. The molecule has 1 aliphatic heterocycles. The quantitative estimate of drug-likeness (QED) is 0.585. The SMILES string of the molecule is [2H]C1NCC2(CC2)c2ccc(N)cc21. The number of anilines is 1. The van der Waals surface area contributed by atoms with Crippen LogP contribution in [0.25, 0.3) is 0 Å². The van der Waals surface area contributed by atoms with Gasteiger partial charge in [0.15, 0.2) is 0 Å². The van der Waals surface area contributed by atoms with Gasteiger partial charge in [0.1, 0.15) is 0 Å². The average Bonchev–Trinajstić information content (AvgIpc) is 2.93. The second-order valence-corrected chi connectivity index (χ2v) is 4.15. The van der Waals surface area contributed by atoms with E-state index in [2.05, 4.69) is 11.4 Å². The highest BCUT2D eigenvalue weighted by Gasteiger charge is 2.46. The number of fused-ring (bicyclic) bond motifs is 2. The van der Waals surface area contributed by atoms with Crippen LogP contribution in [0.3, 0.4) is 0 Å². The number of hydrogen-bond acceptors (Lipinski definition) is 2. The number of hydrogen-bond donors (Lipinski definition) is 2. The molecule has 1 saturated carbocycles. The maximum absolute atomic E-state index is 7.89. The third-order valence-electron chi connectivity index (χ3n) is 3.20. The van der Waals surface area contributed by atoms with Gasteiger partial charge in [-0.25, -0.2) is 0 Å². The van der Waals surface area contributed by atoms with Crippen LogP contribution < -0.4 is 11.1 Å². The summed E-state index contributed by atoms with van der Waals surface area (Å²) in [5.74, 6) is 0. The molecule has 2 heteroatoms. The summed E-state index contributed by atoms with van der Waals surface area (Å²) in [5, 5.41) is 3.23. The molecular formula is C11H14N2. The lowest BCUT2D eigenvalue weighted by molar-refractivity contribution is 0.531. The van der Waals surface area contributed by atoms with Crippen molar-refractivity contribution in [1.82, 2.24) is 5.32 Å². The zero-order chi connectivity index (χ0) is 9.76. The standard InChI is InChI=1S/C11H14N2/c12-9-1-2-10-8(5-9)6-13-7-11(10)3-4-11/h1-2,5,13H,3-4,6-7,12H2/i6D. The highest BCUT2D eigenvalue weighted by Crippen LogP contribution is 2.50. The Bertz CT molecular complexity index is 385. The van der Waals surface area contributed by atoms with Gasteiger partial charge in [0, 0.05) is 25.5 Å². The summed E-state index contributed by atoms with van der Waals surface area (Å²) in [5.41, 5.74) is 9.28. The van der Waals surface area contributed by atoms with Crippen molar-refractivity contribution in [3.05, 3.63) is 29.3 Å². The van der Waals surface area contributed by atoms with E-state index in [9.17, 15) is 0 Å². The molecule has 1 atom stereocenters. The Morgan fingerprint density at radius 1 is 1.46 bits per heavy atom.